The van der Waals surface area contributed by atoms with Crippen molar-refractivity contribution in [1.82, 2.24) is 19.7 Å². The number of nitrogens with one attached hydrogen (secondary N) is 1. The highest BCUT2D eigenvalue weighted by Crippen LogP contribution is 2.27. The number of hydrogen-bond donors (Lipinski definition) is 1. The summed E-state index contributed by atoms with van der Waals surface area (Å²) >= 11 is 0. The molecular formula is C27H33N7O. The van der Waals surface area contributed by atoms with Crippen LogP contribution in [0.25, 0.3) is 0 Å². The van der Waals surface area contributed by atoms with Crippen LogP contribution in [-0.2, 0) is 6.54 Å². The number of carbonyl (C=O) groups is 1. The Morgan fingerprint density at radius 3 is 2.74 bits per heavy atom. The quantitative estimate of drug-likeness (QED) is 0.489. The van der Waals surface area contributed by atoms with Crippen LogP contribution in [0, 0.1) is 18.3 Å². The Morgan fingerprint density at radius 1 is 1.26 bits per heavy atom. The van der Waals surface area contributed by atoms with Crippen LogP contribution in [0.15, 0.2) is 65.7 Å². The van der Waals surface area contributed by atoms with E-state index in [-0.39, 0.29) is 6.03 Å². The van der Waals surface area contributed by atoms with Crippen molar-refractivity contribution in [2.24, 2.45) is 10.9 Å². The predicted octanol–water partition coefficient (Wildman–Crippen LogP) is 4.01. The summed E-state index contributed by atoms with van der Waals surface area (Å²) in [5, 5.41) is 7.23. The Labute approximate surface area is 207 Å². The maximum Gasteiger partial charge on any atom is 0.321 e. The molecule has 0 saturated carbocycles. The summed E-state index contributed by atoms with van der Waals surface area (Å²) in [5.74, 6) is 3.14. The first-order valence-corrected chi connectivity index (χ1v) is 12.2. The van der Waals surface area contributed by atoms with E-state index in [1.165, 1.54) is 17.7 Å². The fourth-order valence-electron chi connectivity index (χ4n) is 4.60. The van der Waals surface area contributed by atoms with E-state index < -0.39 is 0 Å². The molecule has 1 unspecified atom stereocenters. The summed E-state index contributed by atoms with van der Waals surface area (Å²) in [6, 6.07) is 8.13. The third kappa shape index (κ3) is 6.82. The lowest BCUT2D eigenvalue weighted by molar-refractivity contribution is 0.207. The van der Waals surface area contributed by atoms with Crippen molar-refractivity contribution in [2.75, 3.05) is 43.4 Å². The number of nitrogens with zero attached hydrogens (tertiary/aromatic N) is 6. The largest absolute Gasteiger partial charge is 0.371 e. The van der Waals surface area contributed by atoms with E-state index in [2.05, 4.69) is 49.4 Å². The summed E-state index contributed by atoms with van der Waals surface area (Å²) in [6.07, 6.45) is 18.1. The number of benzene rings is 1. The average Bonchev–Trinajstić information content (AvgIpc) is 3.58. The zero-order valence-corrected chi connectivity index (χ0v) is 20.3. The van der Waals surface area contributed by atoms with E-state index >= 15 is 0 Å². The van der Waals surface area contributed by atoms with Gasteiger partial charge in [0, 0.05) is 51.1 Å². The molecular weight excluding hydrogens is 438 g/mol. The highest BCUT2D eigenvalue weighted by atomic mass is 16.2. The number of rotatable bonds is 7. The van der Waals surface area contributed by atoms with E-state index in [1.54, 1.807) is 25.8 Å². The topological polar surface area (TPSA) is 78.7 Å². The summed E-state index contributed by atoms with van der Waals surface area (Å²) in [5.41, 5.74) is 4.16. The molecule has 1 aromatic heterocycles. The molecule has 2 fully saturated rings. The van der Waals surface area contributed by atoms with Gasteiger partial charge < -0.3 is 15.1 Å². The summed E-state index contributed by atoms with van der Waals surface area (Å²) in [7, 11) is 1.75. The number of terminal acetylenes is 1. The number of aromatic nitrogens is 3. The first-order chi connectivity index (χ1) is 17.1. The van der Waals surface area contributed by atoms with Crippen molar-refractivity contribution in [3.63, 3.8) is 0 Å². The molecule has 0 radical (unpaired) electrons. The van der Waals surface area contributed by atoms with E-state index in [4.69, 9.17) is 6.42 Å². The lowest BCUT2D eigenvalue weighted by Crippen LogP contribution is -2.39. The number of piperidine rings is 1. The molecule has 8 heteroatoms. The summed E-state index contributed by atoms with van der Waals surface area (Å²) in [6.45, 7) is 4.39. The SMILES string of the molecule is C#C/C=C\C(C=C1CCN(C(=O)Nc2ccc(N3CCC(CCn4cncn4)C3)cc2)CC1)=N/C. The van der Waals surface area contributed by atoms with Crippen molar-refractivity contribution in [3.8, 4) is 12.3 Å². The number of allylic oxidation sites excluding steroid dienone is 3. The standard InChI is InChI=1S/C27H33N7O/c1-3-4-5-25(28-2)18-22-10-14-32(15-11-22)27(35)31-24-6-8-26(9-7-24)33-16-12-23(19-33)13-17-34-21-29-20-30-34/h1,4-9,18,20-21,23H,10-17,19H2,2H3,(H,31,35)/b5-4-,28-25+. The number of hydrogen-bond acceptors (Lipinski definition) is 5. The van der Waals surface area contributed by atoms with Crippen LogP contribution in [0.1, 0.15) is 25.7 Å². The number of aryl methyl sites for hydroxylation is 1. The second kappa shape index (κ2) is 12.0. The molecule has 2 amide bonds. The van der Waals surface area contributed by atoms with Crippen LogP contribution < -0.4 is 10.2 Å². The Hall–Kier alpha value is -3.86. The van der Waals surface area contributed by atoms with Crippen LogP contribution >= 0.6 is 0 Å². The average molecular weight is 472 g/mol. The summed E-state index contributed by atoms with van der Waals surface area (Å²) < 4.78 is 1.90. The molecule has 1 atom stereocenters. The predicted molar refractivity (Wildman–Crippen MR) is 141 cm³/mol. The van der Waals surface area contributed by atoms with Crippen molar-refractivity contribution in [2.45, 2.75) is 32.2 Å². The lowest BCUT2D eigenvalue weighted by Gasteiger charge is -2.28. The van der Waals surface area contributed by atoms with E-state index in [9.17, 15) is 4.79 Å². The number of likely N-dealkylation sites (tertiary alicyclic amines) is 1. The molecule has 0 bridgehead atoms. The number of carbonyl (C=O) groups excluding carboxylic acids is 1. The number of amides is 2. The monoisotopic (exact) mass is 471 g/mol. The Balaban J connectivity index is 1.23. The van der Waals surface area contributed by atoms with Crippen LogP contribution in [0.2, 0.25) is 0 Å². The maximum absolute atomic E-state index is 12.8. The molecule has 1 aromatic carbocycles. The number of urea groups is 1. The Kier molecular flexibility index (Phi) is 8.34. The fourth-order valence-corrected chi connectivity index (χ4v) is 4.60. The van der Waals surface area contributed by atoms with Crippen molar-refractivity contribution >= 4 is 23.1 Å². The Morgan fingerprint density at radius 2 is 2.06 bits per heavy atom. The molecule has 2 aromatic rings. The minimum atomic E-state index is -0.0530. The molecule has 0 aliphatic carbocycles. The maximum atomic E-state index is 12.8. The first kappa shape index (κ1) is 24.3. The zero-order chi connectivity index (χ0) is 24.5. The molecule has 2 saturated heterocycles. The van der Waals surface area contributed by atoms with Crippen molar-refractivity contribution in [1.29, 1.82) is 0 Å². The van der Waals surface area contributed by atoms with Crippen molar-refractivity contribution < 1.29 is 4.79 Å². The minimum Gasteiger partial charge on any atom is -0.371 e. The van der Waals surface area contributed by atoms with Gasteiger partial charge in [0.1, 0.15) is 12.7 Å². The highest BCUT2D eigenvalue weighted by molar-refractivity contribution is 6.04. The van der Waals surface area contributed by atoms with Gasteiger partial charge in [-0.1, -0.05) is 11.5 Å². The van der Waals surface area contributed by atoms with Gasteiger partial charge in [-0.15, -0.1) is 6.42 Å². The van der Waals surface area contributed by atoms with Gasteiger partial charge in [0.05, 0.1) is 5.71 Å². The van der Waals surface area contributed by atoms with E-state index in [0.29, 0.717) is 19.0 Å². The summed E-state index contributed by atoms with van der Waals surface area (Å²) in [4.78, 5) is 25.3. The molecule has 8 nitrogen and oxygen atoms in total. The van der Waals surface area contributed by atoms with E-state index in [1.807, 2.05) is 27.8 Å². The second-order valence-electron chi connectivity index (χ2n) is 8.96. The van der Waals surface area contributed by atoms with Gasteiger partial charge in [-0.25, -0.2) is 9.78 Å². The molecule has 2 aliphatic heterocycles. The van der Waals surface area contributed by atoms with Gasteiger partial charge in [0.2, 0.25) is 0 Å². The van der Waals surface area contributed by atoms with Crippen molar-refractivity contribution in [3.05, 3.63) is 60.7 Å². The smallest absolute Gasteiger partial charge is 0.321 e. The third-order valence-electron chi connectivity index (χ3n) is 6.66. The van der Waals surface area contributed by atoms with Gasteiger partial charge in [0.25, 0.3) is 0 Å². The lowest BCUT2D eigenvalue weighted by atomic mass is 10.0. The molecule has 3 heterocycles. The molecule has 0 spiro atoms. The number of anilines is 2. The zero-order valence-electron chi connectivity index (χ0n) is 20.3. The molecule has 2 aliphatic rings. The Bertz CT molecular complexity index is 1100. The van der Waals surface area contributed by atoms with Gasteiger partial charge in [-0.2, -0.15) is 5.10 Å². The molecule has 35 heavy (non-hydrogen) atoms. The first-order valence-electron chi connectivity index (χ1n) is 12.2. The van der Waals surface area contributed by atoms with Crippen LogP contribution in [-0.4, -0.2) is 64.6 Å². The normalized spacial score (nSPS) is 18.7. The second-order valence-corrected chi connectivity index (χ2v) is 8.96. The number of aliphatic imine (C=N–C) groups is 1. The highest BCUT2D eigenvalue weighted by Gasteiger charge is 2.23. The molecule has 1 N–H and O–H groups in total. The van der Waals surface area contributed by atoms with Gasteiger partial charge >= 0.3 is 6.03 Å². The minimum absolute atomic E-state index is 0.0530. The van der Waals surface area contributed by atoms with Crippen LogP contribution in [0.3, 0.4) is 0 Å². The van der Waals surface area contributed by atoms with Crippen LogP contribution in [0.5, 0.6) is 0 Å². The molecule has 4 rings (SSSR count). The van der Waals surface area contributed by atoms with Gasteiger partial charge in [-0.05, 0) is 74.1 Å². The van der Waals surface area contributed by atoms with Crippen LogP contribution in [0.4, 0.5) is 16.2 Å². The third-order valence-corrected chi connectivity index (χ3v) is 6.66. The van der Waals surface area contributed by atoms with E-state index in [0.717, 1.165) is 50.3 Å². The van der Waals surface area contributed by atoms with Gasteiger partial charge in [0.15, 0.2) is 0 Å². The molecule has 182 valence electrons. The fraction of sp³-hybridized carbons (Fsp3) is 0.407. The van der Waals surface area contributed by atoms with Gasteiger partial charge in [-0.3, -0.25) is 9.67 Å².